The van der Waals surface area contributed by atoms with Gasteiger partial charge >= 0.3 is 5.97 Å². The van der Waals surface area contributed by atoms with Crippen LogP contribution in [-0.2, 0) is 8.92 Å². The fourth-order valence-electron chi connectivity index (χ4n) is 4.02. The first-order valence-electron chi connectivity index (χ1n) is 11.4. The van der Waals surface area contributed by atoms with Gasteiger partial charge in [0.15, 0.2) is 0 Å². The van der Waals surface area contributed by atoms with Crippen molar-refractivity contribution in [1.29, 1.82) is 0 Å². The Morgan fingerprint density at radius 2 is 1.60 bits per heavy atom. The molecule has 0 N–H and O–H groups in total. The average molecular weight is 427 g/mol. The Morgan fingerprint density at radius 1 is 0.900 bits per heavy atom. The molecule has 0 aromatic heterocycles. The maximum Gasteiger partial charge on any atom is 0.350 e. The third-order valence-electron chi connectivity index (χ3n) is 5.85. The summed E-state index contributed by atoms with van der Waals surface area (Å²) in [6, 6.07) is 17.6. The van der Waals surface area contributed by atoms with E-state index < -0.39 is 0 Å². The molecule has 162 valence electrons. The maximum absolute atomic E-state index is 12.3. The lowest BCUT2D eigenvalue weighted by Crippen LogP contribution is -2.21. The van der Waals surface area contributed by atoms with Crippen LogP contribution in [-0.4, -0.2) is 18.7 Å². The van der Waals surface area contributed by atoms with E-state index in [1.165, 1.54) is 37.7 Å². The highest BCUT2D eigenvalue weighted by atomic mass is 32.2. The lowest BCUT2D eigenvalue weighted by molar-refractivity contribution is 0.0226. The zero-order valence-corrected chi connectivity index (χ0v) is 18.9. The standard InChI is InChI=1S/C26H34O3S/c1-2-3-4-5-9-20-28-24-18-16-22(17-19-24)21-12-14-23(15-13-21)26(27)29-30-25-10-7-6-8-11-25/h6-8,10-15,22,24H,2-5,9,16-20H2,1H3. The van der Waals surface area contributed by atoms with E-state index in [4.69, 9.17) is 8.92 Å². The van der Waals surface area contributed by atoms with Crippen LogP contribution in [0.1, 0.15) is 86.6 Å². The zero-order valence-electron chi connectivity index (χ0n) is 18.1. The molecule has 1 fully saturated rings. The summed E-state index contributed by atoms with van der Waals surface area (Å²) >= 11 is 1.10. The van der Waals surface area contributed by atoms with Gasteiger partial charge in [-0.3, -0.25) is 0 Å². The number of hydrogen-bond acceptors (Lipinski definition) is 4. The second-order valence-electron chi connectivity index (χ2n) is 8.15. The van der Waals surface area contributed by atoms with Gasteiger partial charge in [-0.2, -0.15) is 0 Å². The van der Waals surface area contributed by atoms with Gasteiger partial charge in [0.1, 0.15) is 0 Å². The van der Waals surface area contributed by atoms with E-state index in [1.807, 2.05) is 42.5 Å². The van der Waals surface area contributed by atoms with E-state index >= 15 is 0 Å². The van der Waals surface area contributed by atoms with Crippen LogP contribution >= 0.6 is 12.0 Å². The third kappa shape index (κ3) is 7.48. The lowest BCUT2D eigenvalue weighted by Gasteiger charge is -2.29. The van der Waals surface area contributed by atoms with Crippen molar-refractivity contribution in [2.75, 3.05) is 6.61 Å². The van der Waals surface area contributed by atoms with Gasteiger partial charge in [-0.1, -0.05) is 62.9 Å². The van der Waals surface area contributed by atoms with E-state index in [-0.39, 0.29) is 5.97 Å². The molecule has 2 aromatic rings. The minimum atomic E-state index is -0.300. The second-order valence-corrected chi connectivity index (χ2v) is 8.95. The first kappa shape index (κ1) is 22.9. The summed E-state index contributed by atoms with van der Waals surface area (Å²) in [5.41, 5.74) is 1.92. The minimum Gasteiger partial charge on any atom is -0.382 e. The van der Waals surface area contributed by atoms with Crippen LogP contribution < -0.4 is 0 Å². The molecule has 0 atom stereocenters. The van der Waals surface area contributed by atoms with Crippen molar-refractivity contribution in [2.24, 2.45) is 0 Å². The third-order valence-corrected chi connectivity index (χ3v) is 6.55. The topological polar surface area (TPSA) is 35.5 Å². The summed E-state index contributed by atoms with van der Waals surface area (Å²) in [6.45, 7) is 3.16. The van der Waals surface area contributed by atoms with Crippen molar-refractivity contribution in [3.8, 4) is 0 Å². The molecule has 1 aliphatic rings. The van der Waals surface area contributed by atoms with Crippen LogP contribution in [0.4, 0.5) is 0 Å². The van der Waals surface area contributed by atoms with Crippen LogP contribution in [0, 0.1) is 0 Å². The molecule has 3 nitrogen and oxygen atoms in total. The molecule has 4 heteroatoms. The van der Waals surface area contributed by atoms with Gasteiger partial charge in [0.2, 0.25) is 0 Å². The predicted octanol–water partition coefficient (Wildman–Crippen LogP) is 7.56. The van der Waals surface area contributed by atoms with E-state index in [1.54, 1.807) is 0 Å². The summed E-state index contributed by atoms with van der Waals surface area (Å²) < 4.78 is 11.4. The average Bonchev–Trinajstić information content (AvgIpc) is 2.81. The van der Waals surface area contributed by atoms with Crippen LogP contribution in [0.25, 0.3) is 0 Å². The quantitative estimate of drug-likeness (QED) is 0.274. The predicted molar refractivity (Wildman–Crippen MR) is 124 cm³/mol. The van der Waals surface area contributed by atoms with Crippen LogP contribution in [0.5, 0.6) is 0 Å². The Morgan fingerprint density at radius 3 is 2.30 bits per heavy atom. The maximum atomic E-state index is 12.3. The molecule has 0 spiro atoms. The first-order valence-corrected chi connectivity index (χ1v) is 12.2. The molecular formula is C26H34O3S. The summed E-state index contributed by atoms with van der Waals surface area (Å²) in [4.78, 5) is 13.2. The lowest BCUT2D eigenvalue weighted by atomic mass is 9.82. The summed E-state index contributed by atoms with van der Waals surface area (Å²) in [5.74, 6) is 0.268. The number of rotatable bonds is 11. The number of carbonyl (C=O) groups excluding carboxylic acids is 1. The Kier molecular flexibility index (Phi) is 9.78. The van der Waals surface area contributed by atoms with Crippen LogP contribution in [0.15, 0.2) is 59.5 Å². The monoisotopic (exact) mass is 426 g/mol. The summed E-state index contributed by atoms with van der Waals surface area (Å²) in [6.07, 6.45) is 11.5. The highest BCUT2D eigenvalue weighted by Crippen LogP contribution is 2.34. The summed E-state index contributed by atoms with van der Waals surface area (Å²) in [5, 5.41) is 0. The fraction of sp³-hybridized carbons (Fsp3) is 0.500. The van der Waals surface area contributed by atoms with Crippen LogP contribution in [0.2, 0.25) is 0 Å². The van der Waals surface area contributed by atoms with Crippen molar-refractivity contribution < 1.29 is 13.7 Å². The number of carbonyl (C=O) groups is 1. The van der Waals surface area contributed by atoms with Crippen molar-refractivity contribution in [2.45, 2.75) is 81.6 Å². The fourth-order valence-corrected chi connectivity index (χ4v) is 4.56. The molecular weight excluding hydrogens is 392 g/mol. The highest BCUT2D eigenvalue weighted by molar-refractivity contribution is 7.95. The van der Waals surface area contributed by atoms with Crippen molar-refractivity contribution in [1.82, 2.24) is 0 Å². The Balaban J connectivity index is 1.37. The molecule has 0 heterocycles. The van der Waals surface area contributed by atoms with Gasteiger partial charge in [0.25, 0.3) is 0 Å². The number of hydrogen-bond donors (Lipinski definition) is 0. The highest BCUT2D eigenvalue weighted by Gasteiger charge is 2.23. The first-order chi connectivity index (χ1) is 14.8. The zero-order chi connectivity index (χ0) is 21.0. The molecule has 3 rings (SSSR count). The molecule has 0 unspecified atom stereocenters. The minimum absolute atomic E-state index is 0.300. The smallest absolute Gasteiger partial charge is 0.350 e. The second kappa shape index (κ2) is 12.8. The molecule has 0 saturated heterocycles. The Bertz CT molecular complexity index is 737. The van der Waals surface area contributed by atoms with Gasteiger partial charge in [-0.05, 0) is 67.9 Å². The largest absolute Gasteiger partial charge is 0.382 e. The number of unbranched alkanes of at least 4 members (excludes halogenated alkanes) is 4. The molecule has 0 radical (unpaired) electrons. The van der Waals surface area contributed by atoms with E-state index in [2.05, 4.69) is 19.1 Å². The molecule has 0 aliphatic heterocycles. The van der Waals surface area contributed by atoms with Gasteiger partial charge < -0.3 is 8.92 Å². The molecule has 30 heavy (non-hydrogen) atoms. The van der Waals surface area contributed by atoms with Gasteiger partial charge in [-0.25, -0.2) is 4.79 Å². The molecule has 0 amide bonds. The number of benzene rings is 2. The number of ether oxygens (including phenoxy) is 1. The van der Waals surface area contributed by atoms with Crippen LogP contribution in [0.3, 0.4) is 0 Å². The van der Waals surface area contributed by atoms with E-state index in [0.29, 0.717) is 17.6 Å². The molecule has 1 saturated carbocycles. The van der Waals surface area contributed by atoms with Crippen molar-refractivity contribution in [3.63, 3.8) is 0 Å². The Labute approximate surface area is 185 Å². The Hall–Kier alpha value is -1.78. The molecule has 2 aromatic carbocycles. The van der Waals surface area contributed by atoms with Gasteiger partial charge in [0.05, 0.1) is 23.7 Å². The summed E-state index contributed by atoms with van der Waals surface area (Å²) in [7, 11) is 0. The van der Waals surface area contributed by atoms with Gasteiger partial charge in [0, 0.05) is 11.5 Å². The van der Waals surface area contributed by atoms with Gasteiger partial charge in [-0.15, -0.1) is 0 Å². The van der Waals surface area contributed by atoms with Crippen molar-refractivity contribution >= 4 is 18.0 Å². The molecule has 1 aliphatic carbocycles. The normalized spacial score (nSPS) is 18.8. The van der Waals surface area contributed by atoms with E-state index in [9.17, 15) is 4.79 Å². The SMILES string of the molecule is CCCCCCCOC1CCC(c2ccc(C(=O)OSc3ccccc3)cc2)CC1. The van der Waals surface area contributed by atoms with Crippen molar-refractivity contribution in [3.05, 3.63) is 65.7 Å². The molecule has 0 bridgehead atoms. The van der Waals surface area contributed by atoms with E-state index in [0.717, 1.165) is 49.2 Å².